The van der Waals surface area contributed by atoms with Crippen molar-refractivity contribution in [1.82, 2.24) is 4.90 Å². The van der Waals surface area contributed by atoms with Crippen molar-refractivity contribution in [3.05, 3.63) is 0 Å². The Labute approximate surface area is 148 Å². The number of β-lactam (4-membered cyclic amide) rings is 1. The summed E-state index contributed by atoms with van der Waals surface area (Å²) in [4.78, 5) is 23.8. The molecule has 2 rings (SSSR count). The minimum atomic E-state index is -1.15. The summed E-state index contributed by atoms with van der Waals surface area (Å²) in [7, 11) is 0. The SMILES string of the molecule is CC1(C)S[C@@H]2[C@H](I)C(=O)N2[C@H]1C(=O)[O-].[K+]. The number of halogens is 1. The second-order valence-corrected chi connectivity index (χ2v) is 7.09. The van der Waals surface area contributed by atoms with Crippen molar-refractivity contribution >= 4 is 46.2 Å². The Morgan fingerprint density at radius 1 is 1.60 bits per heavy atom. The van der Waals surface area contributed by atoms with E-state index >= 15 is 0 Å². The normalized spacial score (nSPS) is 36.6. The van der Waals surface area contributed by atoms with Crippen LogP contribution >= 0.6 is 34.4 Å². The van der Waals surface area contributed by atoms with Gasteiger partial charge in [-0.25, -0.2) is 0 Å². The van der Waals surface area contributed by atoms with E-state index in [4.69, 9.17) is 0 Å². The molecule has 0 bridgehead atoms. The van der Waals surface area contributed by atoms with Gasteiger partial charge in [0.15, 0.2) is 0 Å². The van der Waals surface area contributed by atoms with Gasteiger partial charge in [-0.05, 0) is 13.8 Å². The molecule has 0 aliphatic carbocycles. The fourth-order valence-electron chi connectivity index (χ4n) is 1.95. The summed E-state index contributed by atoms with van der Waals surface area (Å²) >= 11 is 3.60. The van der Waals surface area contributed by atoms with E-state index in [2.05, 4.69) is 22.6 Å². The van der Waals surface area contributed by atoms with Gasteiger partial charge >= 0.3 is 51.4 Å². The number of carbonyl (C=O) groups is 2. The van der Waals surface area contributed by atoms with Crippen molar-refractivity contribution in [3.8, 4) is 0 Å². The van der Waals surface area contributed by atoms with Crippen LogP contribution < -0.4 is 56.5 Å². The monoisotopic (exact) mass is 365 g/mol. The largest absolute Gasteiger partial charge is 1.00 e. The standard InChI is InChI=1S/C8H10INO3S.K/c1-8(2)4(7(12)13)10-5(11)3(9)6(10)14-8;/h3-4,6H,1-2H3,(H,12,13);/q;+1/p-1/t3-,4+,6-;/m1./s1. The maximum absolute atomic E-state index is 11.5. The second kappa shape index (κ2) is 4.73. The molecule has 0 saturated carbocycles. The average Bonchev–Trinajstić information content (AvgIpc) is 2.34. The summed E-state index contributed by atoms with van der Waals surface area (Å²) in [6.45, 7) is 3.68. The molecule has 4 nitrogen and oxygen atoms in total. The van der Waals surface area contributed by atoms with E-state index in [1.165, 1.54) is 4.90 Å². The molecule has 15 heavy (non-hydrogen) atoms. The van der Waals surface area contributed by atoms with Crippen molar-refractivity contribution in [2.75, 3.05) is 0 Å². The molecule has 0 spiro atoms. The smallest absolute Gasteiger partial charge is 0.548 e. The molecule has 3 atom stereocenters. The van der Waals surface area contributed by atoms with Crippen molar-refractivity contribution in [2.24, 2.45) is 0 Å². The summed E-state index contributed by atoms with van der Waals surface area (Å²) in [5.74, 6) is -1.23. The molecule has 0 aromatic rings. The van der Waals surface area contributed by atoms with Gasteiger partial charge in [0, 0.05) is 4.75 Å². The molecule has 7 heteroatoms. The average molecular weight is 365 g/mol. The molecule has 0 N–H and O–H groups in total. The van der Waals surface area contributed by atoms with Crippen LogP contribution in [0.4, 0.5) is 0 Å². The predicted molar refractivity (Wildman–Crippen MR) is 58.9 cm³/mol. The zero-order valence-electron chi connectivity index (χ0n) is 8.69. The quantitative estimate of drug-likeness (QED) is 0.211. The number of hydrogen-bond donors (Lipinski definition) is 0. The number of nitrogens with zero attached hydrogens (tertiary/aromatic N) is 1. The molecule has 0 unspecified atom stereocenters. The number of carboxylic acids is 1. The van der Waals surface area contributed by atoms with Gasteiger partial charge in [-0.15, -0.1) is 11.8 Å². The molecule has 2 aliphatic heterocycles. The van der Waals surface area contributed by atoms with Crippen LogP contribution in [0.5, 0.6) is 0 Å². The molecule has 0 aromatic carbocycles. The van der Waals surface area contributed by atoms with Crippen LogP contribution in [-0.2, 0) is 9.59 Å². The molecule has 2 saturated heterocycles. The van der Waals surface area contributed by atoms with Crippen LogP contribution in [0.15, 0.2) is 0 Å². The molecular weight excluding hydrogens is 356 g/mol. The van der Waals surface area contributed by atoms with Gasteiger partial charge in [-0.1, -0.05) is 22.6 Å². The van der Waals surface area contributed by atoms with Gasteiger partial charge in [0.25, 0.3) is 0 Å². The maximum Gasteiger partial charge on any atom is 1.00 e. The van der Waals surface area contributed by atoms with Crippen LogP contribution in [0.2, 0.25) is 0 Å². The van der Waals surface area contributed by atoms with Crippen LogP contribution in [-0.4, -0.2) is 36.9 Å². The first-order valence-corrected chi connectivity index (χ1v) is 6.34. The number of thioether (sulfide) groups is 1. The topological polar surface area (TPSA) is 60.4 Å². The number of hydrogen-bond acceptors (Lipinski definition) is 4. The van der Waals surface area contributed by atoms with Crippen molar-refractivity contribution in [1.29, 1.82) is 0 Å². The Hall–Kier alpha value is 1.66. The Balaban J connectivity index is 0.00000112. The maximum atomic E-state index is 11.5. The predicted octanol–water partition coefficient (Wildman–Crippen LogP) is -3.39. The minimum absolute atomic E-state index is 0. The third-order valence-electron chi connectivity index (χ3n) is 2.60. The van der Waals surface area contributed by atoms with Gasteiger partial charge in [-0.3, -0.25) is 4.79 Å². The number of carbonyl (C=O) groups excluding carboxylic acids is 2. The Kier molecular flexibility index (Phi) is 4.64. The van der Waals surface area contributed by atoms with Gasteiger partial charge < -0.3 is 14.8 Å². The van der Waals surface area contributed by atoms with E-state index in [0.29, 0.717) is 0 Å². The summed E-state index contributed by atoms with van der Waals surface area (Å²) in [6, 6.07) is -0.781. The summed E-state index contributed by atoms with van der Waals surface area (Å²) in [5.41, 5.74) is 0. The molecule has 0 radical (unpaired) electrons. The Morgan fingerprint density at radius 2 is 2.13 bits per heavy atom. The summed E-state index contributed by atoms with van der Waals surface area (Å²) < 4.78 is -0.528. The fraction of sp³-hybridized carbons (Fsp3) is 0.750. The van der Waals surface area contributed by atoms with Gasteiger partial charge in [0.1, 0.15) is 3.92 Å². The van der Waals surface area contributed by atoms with E-state index < -0.39 is 16.8 Å². The van der Waals surface area contributed by atoms with E-state index in [-0.39, 0.29) is 66.6 Å². The molecule has 2 heterocycles. The van der Waals surface area contributed by atoms with Crippen molar-refractivity contribution in [2.45, 2.75) is 33.9 Å². The van der Waals surface area contributed by atoms with E-state index in [0.717, 1.165) is 0 Å². The number of fused-ring (bicyclic) bond motifs is 1. The van der Waals surface area contributed by atoms with Crippen molar-refractivity contribution < 1.29 is 66.1 Å². The fourth-order valence-corrected chi connectivity index (χ4v) is 4.59. The van der Waals surface area contributed by atoms with E-state index in [1.807, 2.05) is 13.8 Å². The van der Waals surface area contributed by atoms with Crippen LogP contribution in [0.1, 0.15) is 13.8 Å². The molecule has 78 valence electrons. The number of aliphatic carboxylic acids is 1. The van der Waals surface area contributed by atoms with Gasteiger partial charge in [0.05, 0.1) is 17.4 Å². The van der Waals surface area contributed by atoms with Crippen LogP contribution in [0.3, 0.4) is 0 Å². The third kappa shape index (κ3) is 2.17. The zero-order chi connectivity index (χ0) is 10.7. The molecule has 2 fully saturated rings. The zero-order valence-corrected chi connectivity index (χ0v) is 14.8. The third-order valence-corrected chi connectivity index (χ3v) is 5.87. The first-order chi connectivity index (χ1) is 6.36. The molecule has 2 aliphatic rings. The second-order valence-electron chi connectivity index (χ2n) is 3.98. The first-order valence-electron chi connectivity index (χ1n) is 4.21. The first kappa shape index (κ1) is 14.7. The molecule has 1 amide bonds. The van der Waals surface area contributed by atoms with Gasteiger partial charge in [-0.2, -0.15) is 0 Å². The summed E-state index contributed by atoms with van der Waals surface area (Å²) in [5, 5.41) is 11.0. The Bertz CT molecular complexity index is 325. The van der Waals surface area contributed by atoms with Crippen LogP contribution in [0, 0.1) is 0 Å². The molecular formula is C8H9IKNO3S. The molecule has 0 aromatic heterocycles. The number of rotatable bonds is 1. The minimum Gasteiger partial charge on any atom is -0.548 e. The van der Waals surface area contributed by atoms with E-state index in [9.17, 15) is 14.7 Å². The van der Waals surface area contributed by atoms with Crippen molar-refractivity contribution in [3.63, 3.8) is 0 Å². The van der Waals surface area contributed by atoms with Crippen LogP contribution in [0.25, 0.3) is 0 Å². The summed E-state index contributed by atoms with van der Waals surface area (Å²) in [6.07, 6.45) is 0. The Morgan fingerprint density at radius 3 is 2.60 bits per heavy atom. The van der Waals surface area contributed by atoms with E-state index in [1.54, 1.807) is 11.8 Å². The number of carboxylic acid groups (broad SMARTS) is 1. The van der Waals surface area contributed by atoms with Gasteiger partial charge in [0.2, 0.25) is 5.91 Å². The number of alkyl halides is 1. The number of amides is 1.